The van der Waals surface area contributed by atoms with E-state index in [1.54, 1.807) is 18.6 Å². The van der Waals surface area contributed by atoms with Crippen LogP contribution in [0.25, 0.3) is 33.4 Å². The van der Waals surface area contributed by atoms with Gasteiger partial charge in [-0.3, -0.25) is 14.6 Å². The molecule has 0 aliphatic heterocycles. The lowest BCUT2D eigenvalue weighted by molar-refractivity contribution is -0.111. The van der Waals surface area contributed by atoms with E-state index in [1.807, 2.05) is 62.5 Å². The van der Waals surface area contributed by atoms with Gasteiger partial charge in [0.2, 0.25) is 5.91 Å². The molecular formula is C34H35N7O2. The minimum atomic E-state index is -0.284. The van der Waals surface area contributed by atoms with Crippen molar-refractivity contribution in [3.05, 3.63) is 109 Å². The van der Waals surface area contributed by atoms with Crippen LogP contribution in [0.5, 0.6) is 0 Å². The average molecular weight is 574 g/mol. The molecule has 0 spiro atoms. The Balaban J connectivity index is 1.53. The van der Waals surface area contributed by atoms with Gasteiger partial charge in [-0.2, -0.15) is 0 Å². The smallest absolute Gasteiger partial charge is 0.252 e. The summed E-state index contributed by atoms with van der Waals surface area (Å²) < 4.78 is 0. The molecular weight excluding hydrogens is 538 g/mol. The summed E-state index contributed by atoms with van der Waals surface area (Å²) in [7, 11) is 1.92. The number of hydrogen-bond acceptors (Lipinski definition) is 6. The Hall–Kier alpha value is -5.28. The number of H-pyrrole nitrogens is 1. The molecule has 0 unspecified atom stereocenters. The van der Waals surface area contributed by atoms with E-state index in [9.17, 15) is 9.59 Å². The maximum atomic E-state index is 13.2. The highest BCUT2D eigenvalue weighted by molar-refractivity contribution is 6.07. The zero-order valence-corrected chi connectivity index (χ0v) is 24.3. The van der Waals surface area contributed by atoms with E-state index in [1.165, 1.54) is 6.08 Å². The molecule has 0 atom stereocenters. The molecule has 3 aromatic heterocycles. The molecule has 3 heterocycles. The second kappa shape index (κ2) is 13.6. The summed E-state index contributed by atoms with van der Waals surface area (Å²) in [5, 5.41) is 13.2. The Labute approximate surface area is 250 Å². The largest absolute Gasteiger partial charge is 0.384 e. The second-order valence-corrected chi connectivity index (χ2v) is 10.2. The number of rotatable bonds is 12. The number of nitrogens with one attached hydrogen (secondary N) is 5. The lowest BCUT2D eigenvalue weighted by atomic mass is 9.96. The van der Waals surface area contributed by atoms with Crippen molar-refractivity contribution in [2.45, 2.75) is 13.3 Å². The number of amides is 2. The molecule has 0 aliphatic rings. The molecule has 2 aromatic carbocycles. The number of anilines is 2. The van der Waals surface area contributed by atoms with Gasteiger partial charge in [-0.25, -0.2) is 4.98 Å². The van der Waals surface area contributed by atoms with Crippen molar-refractivity contribution in [1.82, 2.24) is 25.6 Å². The Kier molecular flexibility index (Phi) is 9.23. The van der Waals surface area contributed by atoms with Crippen LogP contribution in [-0.2, 0) is 11.2 Å². The van der Waals surface area contributed by atoms with E-state index in [-0.39, 0.29) is 11.8 Å². The van der Waals surface area contributed by atoms with Crippen LogP contribution in [0.1, 0.15) is 21.5 Å². The number of nitrogens with zero attached hydrogens (tertiary/aromatic N) is 2. The van der Waals surface area contributed by atoms with Gasteiger partial charge in [-0.05, 0) is 85.1 Å². The van der Waals surface area contributed by atoms with Gasteiger partial charge in [0.05, 0.1) is 11.3 Å². The number of aryl methyl sites for hydroxylation is 1. The van der Waals surface area contributed by atoms with Crippen LogP contribution in [0.3, 0.4) is 0 Å². The van der Waals surface area contributed by atoms with Crippen LogP contribution in [0, 0.1) is 6.92 Å². The highest BCUT2D eigenvalue weighted by atomic mass is 16.2. The molecule has 0 saturated carbocycles. The third kappa shape index (κ3) is 6.97. The van der Waals surface area contributed by atoms with Gasteiger partial charge in [0.25, 0.3) is 5.91 Å². The normalized spacial score (nSPS) is 10.8. The van der Waals surface area contributed by atoms with Crippen molar-refractivity contribution in [3.8, 4) is 22.4 Å². The topological polar surface area (TPSA) is 124 Å². The molecule has 5 N–H and O–H groups in total. The number of likely N-dealkylation sites (N-methyl/N-ethyl adjacent to an activating group) is 1. The molecule has 9 nitrogen and oxygen atoms in total. The Morgan fingerprint density at radius 3 is 2.47 bits per heavy atom. The lowest BCUT2D eigenvalue weighted by Crippen LogP contribution is -2.25. The van der Waals surface area contributed by atoms with Crippen molar-refractivity contribution >= 4 is 34.2 Å². The number of benzene rings is 2. The first-order chi connectivity index (χ1) is 21.0. The minimum Gasteiger partial charge on any atom is -0.384 e. The summed E-state index contributed by atoms with van der Waals surface area (Å²) in [5.41, 5.74) is 8.44. The number of carbonyl (C=O) groups excluding carboxylic acids is 2. The Bertz CT molecular complexity index is 1740. The Morgan fingerprint density at radius 2 is 1.72 bits per heavy atom. The van der Waals surface area contributed by atoms with Crippen LogP contribution in [0.15, 0.2) is 91.9 Å². The number of pyridine rings is 2. The predicted molar refractivity (Wildman–Crippen MR) is 173 cm³/mol. The van der Waals surface area contributed by atoms with Crippen molar-refractivity contribution in [1.29, 1.82) is 0 Å². The summed E-state index contributed by atoms with van der Waals surface area (Å²) in [6, 6.07) is 19.9. The summed E-state index contributed by atoms with van der Waals surface area (Å²) in [5.74, 6) is -0.481. The van der Waals surface area contributed by atoms with Crippen molar-refractivity contribution in [2.75, 3.05) is 37.3 Å². The number of fused-ring (bicyclic) bond motifs is 1. The standard InChI is InChI=1S/C34H35N7O2/c1-4-30(42)40-29-20-25(6-5-22(29)2)31-28-19-26(34(43)38-16-13-23-11-14-36-15-12-23)21-39-33(28)41-32(31)24-7-9-27(10-8-24)37-18-17-35-3/h4-12,14-15,19-21,35,37H,1,13,16-18H2,2-3H3,(H,38,43)(H,39,41)(H,40,42). The van der Waals surface area contributed by atoms with Gasteiger partial charge >= 0.3 is 0 Å². The van der Waals surface area contributed by atoms with E-state index >= 15 is 0 Å². The van der Waals surface area contributed by atoms with Gasteiger partial charge in [-0.15, -0.1) is 0 Å². The number of aromatic amines is 1. The SMILES string of the molecule is C=CC(=O)Nc1cc(-c2c(-c3ccc(NCCNC)cc3)[nH]c3ncc(C(=O)NCCc4ccncc4)cc23)ccc1C. The van der Waals surface area contributed by atoms with Crippen molar-refractivity contribution < 1.29 is 9.59 Å². The maximum Gasteiger partial charge on any atom is 0.252 e. The van der Waals surface area contributed by atoms with Gasteiger partial charge < -0.3 is 26.3 Å². The fourth-order valence-corrected chi connectivity index (χ4v) is 4.87. The first kappa shape index (κ1) is 29.2. The first-order valence-electron chi connectivity index (χ1n) is 14.2. The monoisotopic (exact) mass is 573 g/mol. The van der Waals surface area contributed by atoms with Crippen LogP contribution in [0.4, 0.5) is 11.4 Å². The third-order valence-corrected chi connectivity index (χ3v) is 7.21. The van der Waals surface area contributed by atoms with Crippen molar-refractivity contribution in [3.63, 3.8) is 0 Å². The summed E-state index contributed by atoms with van der Waals surface area (Å²) in [6.07, 6.45) is 7.03. The van der Waals surface area contributed by atoms with Crippen LogP contribution < -0.4 is 21.3 Å². The Morgan fingerprint density at radius 1 is 0.953 bits per heavy atom. The number of hydrogen-bond donors (Lipinski definition) is 5. The first-order valence-corrected chi connectivity index (χ1v) is 14.2. The zero-order chi connectivity index (χ0) is 30.2. The van der Waals surface area contributed by atoms with Gasteiger partial charge in [0, 0.05) is 60.5 Å². The quantitative estimate of drug-likeness (QED) is 0.102. The molecule has 0 aliphatic carbocycles. The highest BCUT2D eigenvalue weighted by Gasteiger charge is 2.19. The van der Waals surface area contributed by atoms with Crippen LogP contribution >= 0.6 is 0 Å². The van der Waals surface area contributed by atoms with E-state index in [2.05, 4.69) is 54.9 Å². The number of aromatic nitrogens is 3. The molecule has 0 fully saturated rings. The molecule has 43 heavy (non-hydrogen) atoms. The predicted octanol–water partition coefficient (Wildman–Crippen LogP) is 5.33. The van der Waals surface area contributed by atoms with Crippen molar-refractivity contribution in [2.24, 2.45) is 0 Å². The van der Waals surface area contributed by atoms with Gasteiger partial charge in [0.15, 0.2) is 0 Å². The summed E-state index contributed by atoms with van der Waals surface area (Å²) in [6.45, 7) is 7.68. The van der Waals surface area contributed by atoms with E-state index < -0.39 is 0 Å². The molecule has 0 bridgehead atoms. The van der Waals surface area contributed by atoms with Crippen LogP contribution in [0.2, 0.25) is 0 Å². The highest BCUT2D eigenvalue weighted by Crippen LogP contribution is 2.39. The minimum absolute atomic E-state index is 0.197. The van der Waals surface area contributed by atoms with E-state index in [0.717, 1.165) is 57.7 Å². The maximum absolute atomic E-state index is 13.2. The molecule has 5 aromatic rings. The average Bonchev–Trinajstić information content (AvgIpc) is 3.42. The summed E-state index contributed by atoms with van der Waals surface area (Å²) in [4.78, 5) is 37.5. The van der Waals surface area contributed by atoms with Crippen LogP contribution in [-0.4, -0.2) is 53.4 Å². The molecule has 9 heteroatoms. The molecule has 0 saturated heterocycles. The lowest BCUT2D eigenvalue weighted by Gasteiger charge is -2.12. The number of carbonyl (C=O) groups is 2. The van der Waals surface area contributed by atoms with E-state index in [0.29, 0.717) is 29.9 Å². The summed E-state index contributed by atoms with van der Waals surface area (Å²) >= 11 is 0. The molecule has 2 amide bonds. The fourth-order valence-electron chi connectivity index (χ4n) is 4.87. The third-order valence-electron chi connectivity index (χ3n) is 7.21. The van der Waals surface area contributed by atoms with Gasteiger partial charge in [-0.1, -0.05) is 30.8 Å². The second-order valence-electron chi connectivity index (χ2n) is 10.2. The fraction of sp³-hybridized carbons (Fsp3) is 0.176. The molecule has 5 rings (SSSR count). The molecule has 0 radical (unpaired) electrons. The van der Waals surface area contributed by atoms with E-state index in [4.69, 9.17) is 0 Å². The zero-order valence-electron chi connectivity index (χ0n) is 24.3. The molecule has 218 valence electrons. The van der Waals surface area contributed by atoms with Gasteiger partial charge in [0.1, 0.15) is 5.65 Å².